The predicted octanol–water partition coefficient (Wildman–Crippen LogP) is 5.08. The lowest BCUT2D eigenvalue weighted by Gasteiger charge is -2.29. The van der Waals surface area contributed by atoms with E-state index < -0.39 is 23.6 Å². The van der Waals surface area contributed by atoms with Gasteiger partial charge in [-0.05, 0) is 53.5 Å². The lowest BCUT2D eigenvalue weighted by molar-refractivity contribution is -0.142. The third kappa shape index (κ3) is 4.92. The van der Waals surface area contributed by atoms with Gasteiger partial charge in [-0.15, -0.1) is 0 Å². The number of aromatic nitrogens is 5. The van der Waals surface area contributed by atoms with Gasteiger partial charge in [-0.25, -0.2) is 9.78 Å². The monoisotopic (exact) mass is 493 g/mol. The molecule has 0 aliphatic carbocycles. The molecule has 3 aromatic heterocycles. The molecule has 35 heavy (non-hydrogen) atoms. The molecule has 4 rings (SSSR count). The third-order valence-corrected chi connectivity index (χ3v) is 6.30. The van der Waals surface area contributed by atoms with E-state index in [0.29, 0.717) is 18.5 Å². The number of fused-ring (bicyclic) bond motifs is 2. The second-order valence-electron chi connectivity index (χ2n) is 9.91. The minimum atomic E-state index is -4.59. The molecule has 1 atom stereocenters. The number of amides is 1. The Bertz CT molecular complexity index is 1250. The maximum Gasteiger partial charge on any atom is 0.435 e. The first-order chi connectivity index (χ1) is 16.3. The molecule has 3 aromatic rings. The highest BCUT2D eigenvalue weighted by molar-refractivity contribution is 5.76. The van der Waals surface area contributed by atoms with Gasteiger partial charge in [0.2, 0.25) is 5.95 Å². The first kappa shape index (κ1) is 24.8. The van der Waals surface area contributed by atoms with Gasteiger partial charge in [0.1, 0.15) is 11.2 Å². The molecule has 0 aromatic carbocycles. The molecule has 0 bridgehead atoms. The predicted molar refractivity (Wildman–Crippen MR) is 123 cm³/mol. The first-order valence-electron chi connectivity index (χ1n) is 11.5. The quantitative estimate of drug-likeness (QED) is 0.513. The number of nitrogen functional groups attached to an aromatic ring is 1. The summed E-state index contributed by atoms with van der Waals surface area (Å²) in [5.74, 6) is 0.194. The first-order valence-corrected chi connectivity index (χ1v) is 11.5. The molecule has 190 valence electrons. The highest BCUT2D eigenvalue weighted by Gasteiger charge is 2.43. The Hall–Kier alpha value is -3.31. The van der Waals surface area contributed by atoms with E-state index in [1.54, 1.807) is 33.9 Å². The Kier molecular flexibility index (Phi) is 6.18. The number of rotatable bonds is 6. The van der Waals surface area contributed by atoms with Crippen LogP contribution in [0.4, 0.5) is 23.9 Å². The minimum Gasteiger partial charge on any atom is -0.443 e. The van der Waals surface area contributed by atoms with Crippen molar-refractivity contribution in [3.63, 3.8) is 0 Å². The molecular formula is C23H30F3N7O2. The number of anilines is 1. The van der Waals surface area contributed by atoms with Crippen LogP contribution < -0.4 is 5.73 Å². The fraction of sp³-hybridized carbons (Fsp3) is 0.565. The molecule has 0 radical (unpaired) electrons. The maximum absolute atomic E-state index is 13.5. The van der Waals surface area contributed by atoms with E-state index in [2.05, 4.69) is 15.1 Å². The van der Waals surface area contributed by atoms with E-state index in [1.165, 1.54) is 9.58 Å². The largest absolute Gasteiger partial charge is 0.443 e. The average Bonchev–Trinajstić information content (AvgIpc) is 3.43. The van der Waals surface area contributed by atoms with Gasteiger partial charge in [0.15, 0.2) is 5.69 Å². The van der Waals surface area contributed by atoms with Crippen LogP contribution in [0.3, 0.4) is 0 Å². The second-order valence-corrected chi connectivity index (χ2v) is 9.91. The van der Waals surface area contributed by atoms with E-state index in [4.69, 9.17) is 10.5 Å². The molecule has 0 saturated carbocycles. The van der Waals surface area contributed by atoms with Gasteiger partial charge in [0, 0.05) is 35.4 Å². The van der Waals surface area contributed by atoms with Crippen molar-refractivity contribution >= 4 is 23.1 Å². The van der Waals surface area contributed by atoms with Crippen molar-refractivity contribution in [2.45, 2.75) is 84.4 Å². The van der Waals surface area contributed by atoms with Crippen LogP contribution in [0.2, 0.25) is 0 Å². The fourth-order valence-corrected chi connectivity index (χ4v) is 4.40. The van der Waals surface area contributed by atoms with E-state index in [0.717, 1.165) is 11.0 Å². The van der Waals surface area contributed by atoms with Gasteiger partial charge in [-0.1, -0.05) is 0 Å². The van der Waals surface area contributed by atoms with Gasteiger partial charge < -0.3 is 15.0 Å². The number of hydrogen-bond acceptors (Lipinski definition) is 6. The molecule has 0 fully saturated rings. The summed E-state index contributed by atoms with van der Waals surface area (Å²) >= 11 is 0. The summed E-state index contributed by atoms with van der Waals surface area (Å²) < 4.78 is 49.6. The zero-order valence-corrected chi connectivity index (χ0v) is 20.4. The number of carbonyl (C=O) groups is 1. The highest BCUT2D eigenvalue weighted by Crippen LogP contribution is 2.38. The van der Waals surface area contributed by atoms with Crippen molar-refractivity contribution in [3.05, 3.63) is 35.4 Å². The number of ether oxygens (including phenoxy) is 1. The van der Waals surface area contributed by atoms with Crippen LogP contribution in [-0.2, 0) is 24.0 Å². The van der Waals surface area contributed by atoms with E-state index in [1.807, 2.05) is 23.8 Å². The van der Waals surface area contributed by atoms with Crippen molar-refractivity contribution in [2.24, 2.45) is 0 Å². The Labute approximate surface area is 201 Å². The van der Waals surface area contributed by atoms with Crippen molar-refractivity contribution < 1.29 is 22.7 Å². The van der Waals surface area contributed by atoms with Crippen LogP contribution in [-0.4, -0.2) is 40.9 Å². The number of carbonyl (C=O) groups excluding carboxylic acids is 1. The number of nitrogens with zero attached hydrogens (tertiary/aromatic N) is 6. The molecule has 1 unspecified atom stereocenters. The summed E-state index contributed by atoms with van der Waals surface area (Å²) in [7, 11) is 0. The van der Waals surface area contributed by atoms with Crippen molar-refractivity contribution in [3.8, 4) is 0 Å². The topological polar surface area (TPSA) is 104 Å². The lowest BCUT2D eigenvalue weighted by Crippen LogP contribution is -2.36. The van der Waals surface area contributed by atoms with Gasteiger partial charge in [-0.3, -0.25) is 9.58 Å². The van der Waals surface area contributed by atoms with Gasteiger partial charge >= 0.3 is 12.3 Å². The number of hydrogen-bond donors (Lipinski definition) is 1. The minimum absolute atomic E-state index is 0.0262. The molecule has 9 nitrogen and oxygen atoms in total. The smallest absolute Gasteiger partial charge is 0.435 e. The van der Waals surface area contributed by atoms with Crippen molar-refractivity contribution in [1.82, 2.24) is 29.2 Å². The second kappa shape index (κ2) is 8.72. The van der Waals surface area contributed by atoms with Crippen molar-refractivity contribution in [2.75, 3.05) is 5.73 Å². The molecule has 0 spiro atoms. The molecule has 4 heterocycles. The molecule has 1 aliphatic heterocycles. The summed E-state index contributed by atoms with van der Waals surface area (Å²) in [5.41, 5.74) is 5.13. The Morgan fingerprint density at radius 3 is 2.60 bits per heavy atom. The van der Waals surface area contributed by atoms with Gasteiger partial charge in [0.05, 0.1) is 18.8 Å². The van der Waals surface area contributed by atoms with E-state index >= 15 is 0 Å². The van der Waals surface area contributed by atoms with Gasteiger partial charge in [0.25, 0.3) is 0 Å². The average molecular weight is 494 g/mol. The Morgan fingerprint density at radius 1 is 1.23 bits per heavy atom. The molecule has 1 aliphatic rings. The standard InChI is InChI=1S/C23H30F3N7O2/c1-13(2)33-17-12-31(11-16(17)18(30-33)23(24,25)26)21(34)35-22(4,5)8-6-14(3)32-9-7-15-10-28-20(27)29-19(15)32/h7,9-10,13-14H,6,8,11-12H2,1-5H3,(H2,27,28,29). The zero-order chi connectivity index (χ0) is 25.7. The summed E-state index contributed by atoms with van der Waals surface area (Å²) in [4.78, 5) is 22.5. The Morgan fingerprint density at radius 2 is 1.94 bits per heavy atom. The van der Waals surface area contributed by atoms with Crippen LogP contribution in [0.25, 0.3) is 11.0 Å². The summed E-state index contributed by atoms with van der Waals surface area (Å²) in [6.45, 7) is 8.98. The summed E-state index contributed by atoms with van der Waals surface area (Å²) in [6.07, 6.45) is -0.431. The van der Waals surface area contributed by atoms with E-state index in [-0.39, 0.29) is 36.7 Å². The Balaban J connectivity index is 1.41. The van der Waals surface area contributed by atoms with Gasteiger partial charge in [-0.2, -0.15) is 23.3 Å². The maximum atomic E-state index is 13.5. The molecule has 1 amide bonds. The van der Waals surface area contributed by atoms with E-state index in [9.17, 15) is 18.0 Å². The molecular weight excluding hydrogens is 463 g/mol. The molecule has 0 saturated heterocycles. The van der Waals surface area contributed by atoms with Crippen LogP contribution in [0.15, 0.2) is 18.5 Å². The summed E-state index contributed by atoms with van der Waals surface area (Å²) in [5, 5.41) is 4.64. The molecule has 12 heteroatoms. The van der Waals surface area contributed by atoms with Crippen LogP contribution in [0.1, 0.15) is 76.5 Å². The summed E-state index contributed by atoms with van der Waals surface area (Å²) in [6, 6.07) is 1.69. The SMILES string of the molecule is CC(C)n1nc(C(F)(F)F)c2c1CN(C(=O)OC(C)(C)CCC(C)n1ccc3cnc(N)nc31)C2. The molecule has 2 N–H and O–H groups in total. The normalized spacial score (nSPS) is 15.2. The third-order valence-electron chi connectivity index (χ3n) is 6.30. The number of alkyl halides is 3. The number of nitrogens with two attached hydrogens (primary N) is 1. The van der Waals surface area contributed by atoms with Crippen molar-refractivity contribution in [1.29, 1.82) is 0 Å². The highest BCUT2D eigenvalue weighted by atomic mass is 19.4. The lowest BCUT2D eigenvalue weighted by atomic mass is 9.99. The van der Waals surface area contributed by atoms with Crippen LogP contribution in [0, 0.1) is 0 Å². The van der Waals surface area contributed by atoms with Crippen LogP contribution >= 0.6 is 0 Å². The fourth-order valence-electron chi connectivity index (χ4n) is 4.40. The van der Waals surface area contributed by atoms with Crippen LogP contribution in [0.5, 0.6) is 0 Å². The zero-order valence-electron chi connectivity index (χ0n) is 20.4. The number of halogens is 3.